The highest BCUT2D eigenvalue weighted by Gasteiger charge is 2.37. The molecule has 2 rings (SSSR count). The Morgan fingerprint density at radius 1 is 0.973 bits per heavy atom. The van der Waals surface area contributed by atoms with Crippen molar-refractivity contribution in [3.8, 4) is 5.75 Å². The molecule has 1 aromatic carbocycles. The number of carbonyl (C=O) groups excluding carboxylic acids is 3. The van der Waals surface area contributed by atoms with Crippen molar-refractivity contribution in [2.75, 3.05) is 0 Å². The summed E-state index contributed by atoms with van der Waals surface area (Å²) in [5.74, 6) is -7.21. The molecule has 0 fully saturated rings. The van der Waals surface area contributed by atoms with Gasteiger partial charge in [-0.3, -0.25) is 19.2 Å². The summed E-state index contributed by atoms with van der Waals surface area (Å²) in [7, 11) is 0. The van der Waals surface area contributed by atoms with Gasteiger partial charge in [0.25, 0.3) is 0 Å². The molecule has 0 radical (unpaired) electrons. The van der Waals surface area contributed by atoms with Crippen molar-refractivity contribution in [1.29, 1.82) is 0 Å². The van der Waals surface area contributed by atoms with Crippen LogP contribution in [0.4, 0.5) is 0 Å². The Morgan fingerprint density at radius 2 is 1.51 bits per heavy atom. The smallest absolute Gasteiger partial charge is 0.308 e. The Kier molecular flexibility index (Phi) is 9.18. The highest BCUT2D eigenvalue weighted by atomic mass is 16.4. The number of benzene rings is 1. The highest BCUT2D eigenvalue weighted by molar-refractivity contribution is 6.29. The predicted molar refractivity (Wildman–Crippen MR) is 134 cm³/mol. The van der Waals surface area contributed by atoms with Gasteiger partial charge in [-0.25, -0.2) is 0 Å². The molecular formula is C27H35NO9. The summed E-state index contributed by atoms with van der Waals surface area (Å²) >= 11 is 0. The number of nitrogens with two attached hydrogens (primary N) is 1. The van der Waals surface area contributed by atoms with E-state index in [1.165, 1.54) is 46.8 Å². The molecule has 37 heavy (non-hydrogen) atoms. The van der Waals surface area contributed by atoms with E-state index in [0.717, 1.165) is 6.08 Å². The summed E-state index contributed by atoms with van der Waals surface area (Å²) in [6.07, 6.45) is -1.48. The van der Waals surface area contributed by atoms with Crippen molar-refractivity contribution < 1.29 is 44.7 Å². The van der Waals surface area contributed by atoms with Gasteiger partial charge in [0, 0.05) is 35.0 Å². The summed E-state index contributed by atoms with van der Waals surface area (Å²) < 4.78 is 0. The molecule has 1 aromatic rings. The molecule has 0 aliphatic heterocycles. The van der Waals surface area contributed by atoms with Crippen LogP contribution < -0.4 is 5.73 Å². The van der Waals surface area contributed by atoms with E-state index in [4.69, 9.17) is 10.8 Å². The van der Waals surface area contributed by atoms with E-state index in [-0.39, 0.29) is 33.5 Å². The topological polar surface area (TPSA) is 195 Å². The largest absolute Gasteiger partial charge is 0.507 e. The number of carboxylic acid groups (broad SMARTS) is 1. The second kappa shape index (κ2) is 11.4. The lowest BCUT2D eigenvalue weighted by Crippen LogP contribution is -2.44. The van der Waals surface area contributed by atoms with Crippen molar-refractivity contribution in [3.63, 3.8) is 0 Å². The molecule has 7 N–H and O–H groups in total. The normalized spacial score (nSPS) is 19.7. The Hall–Kier alpha value is -3.34. The van der Waals surface area contributed by atoms with E-state index in [2.05, 4.69) is 0 Å². The van der Waals surface area contributed by atoms with Crippen LogP contribution in [0.3, 0.4) is 0 Å². The number of aryl methyl sites for hydroxylation is 1. The third kappa shape index (κ3) is 5.82. The minimum atomic E-state index is -1.35. The van der Waals surface area contributed by atoms with E-state index in [1.807, 2.05) is 0 Å². The summed E-state index contributed by atoms with van der Waals surface area (Å²) in [4.78, 5) is 49.7. The Balaban J connectivity index is 2.35. The third-order valence-electron chi connectivity index (χ3n) is 7.22. The van der Waals surface area contributed by atoms with Crippen LogP contribution in [0, 0.1) is 30.6 Å². The second-order valence-corrected chi connectivity index (χ2v) is 9.99. The lowest BCUT2D eigenvalue weighted by Gasteiger charge is -2.34. The molecule has 0 heterocycles. The lowest BCUT2D eigenvalue weighted by atomic mass is 9.79. The summed E-state index contributed by atoms with van der Waals surface area (Å²) in [5.41, 5.74) is 4.98. The number of carboxylic acids is 1. The minimum Gasteiger partial charge on any atom is -0.507 e. The predicted octanol–water partition coefficient (Wildman–Crippen LogP) is 1.76. The number of fused-ring (bicyclic) bond motifs is 1. The Morgan fingerprint density at radius 3 is 2.05 bits per heavy atom. The SMILES string of the molecule is CC(=C[C@@H](C)[C@H](O)[C@H](C)[C@H](O)[C@H](C)[C@H](O)[C@@H](C)C(=O)O)C(=O)c1c(O)c(C)cc2c1C(=O)C=C(N)C2=O. The first kappa shape index (κ1) is 29.9. The maximum absolute atomic E-state index is 13.4. The fourth-order valence-corrected chi connectivity index (χ4v) is 4.63. The second-order valence-electron chi connectivity index (χ2n) is 9.99. The summed E-state index contributed by atoms with van der Waals surface area (Å²) in [5, 5.41) is 51.6. The van der Waals surface area contributed by atoms with Crippen LogP contribution in [0.1, 0.15) is 71.3 Å². The number of hydrogen-bond acceptors (Lipinski definition) is 9. The molecule has 0 aromatic heterocycles. The van der Waals surface area contributed by atoms with Gasteiger partial charge in [0.05, 0.1) is 35.5 Å². The van der Waals surface area contributed by atoms with E-state index < -0.39 is 71.1 Å². The zero-order valence-corrected chi connectivity index (χ0v) is 21.7. The number of aromatic hydroxyl groups is 1. The number of aliphatic hydroxyl groups is 3. The maximum Gasteiger partial charge on any atom is 0.308 e. The van der Waals surface area contributed by atoms with Gasteiger partial charge in [-0.1, -0.05) is 26.8 Å². The van der Waals surface area contributed by atoms with Gasteiger partial charge in [0.2, 0.25) is 5.78 Å². The number of phenolic OH excluding ortho intramolecular Hbond substituents is 1. The van der Waals surface area contributed by atoms with E-state index >= 15 is 0 Å². The van der Waals surface area contributed by atoms with Crippen molar-refractivity contribution in [3.05, 3.63) is 51.7 Å². The highest BCUT2D eigenvalue weighted by Crippen LogP contribution is 2.35. The average Bonchev–Trinajstić information content (AvgIpc) is 2.84. The van der Waals surface area contributed by atoms with Crippen LogP contribution >= 0.6 is 0 Å². The van der Waals surface area contributed by atoms with Gasteiger partial charge in [-0.2, -0.15) is 0 Å². The van der Waals surface area contributed by atoms with E-state index in [0.29, 0.717) is 0 Å². The number of phenols is 1. The molecule has 1 aliphatic carbocycles. The summed E-state index contributed by atoms with van der Waals surface area (Å²) in [6.45, 7) is 8.84. The van der Waals surface area contributed by atoms with Gasteiger partial charge >= 0.3 is 5.97 Å². The lowest BCUT2D eigenvalue weighted by molar-refractivity contribution is -0.148. The first-order valence-corrected chi connectivity index (χ1v) is 12.0. The van der Waals surface area contributed by atoms with Crippen molar-refractivity contribution in [1.82, 2.24) is 0 Å². The Labute approximate surface area is 215 Å². The molecule has 10 nitrogen and oxygen atoms in total. The molecule has 1 aliphatic rings. The first-order chi connectivity index (χ1) is 17.0. The first-order valence-electron chi connectivity index (χ1n) is 12.0. The molecule has 10 heteroatoms. The molecule has 0 spiro atoms. The number of ketones is 3. The molecule has 0 unspecified atom stereocenters. The van der Waals surface area contributed by atoms with Gasteiger partial charge < -0.3 is 31.3 Å². The van der Waals surface area contributed by atoms with Gasteiger partial charge in [-0.05, 0) is 38.0 Å². The van der Waals surface area contributed by atoms with Gasteiger partial charge in [-0.15, -0.1) is 0 Å². The van der Waals surface area contributed by atoms with Crippen molar-refractivity contribution in [2.24, 2.45) is 29.4 Å². The fraction of sp³-hybridized carbons (Fsp3) is 0.481. The van der Waals surface area contributed by atoms with Crippen LogP contribution in [0.5, 0.6) is 5.75 Å². The number of Topliss-reactive ketones (excluding diaryl/α,β-unsaturated/α-hetero) is 2. The molecule has 0 saturated heterocycles. The van der Waals surface area contributed by atoms with Gasteiger partial charge in [0.15, 0.2) is 11.6 Å². The quantitative estimate of drug-likeness (QED) is 0.196. The number of rotatable bonds is 10. The van der Waals surface area contributed by atoms with Crippen LogP contribution in [0.25, 0.3) is 0 Å². The third-order valence-corrected chi connectivity index (χ3v) is 7.22. The molecule has 7 atom stereocenters. The standard InChI is InChI=1S/C27H35NO9/c1-10(21(30)13(4)24(33)14(5)25(34)15(6)27(36)37)7-11(2)22(31)20-19-16(8-12(3)23(20)32)26(35)17(28)9-18(19)29/h7-10,13-15,21,24-25,30,32-34H,28H2,1-6H3,(H,36,37)/t10-,13+,14+,15-,21+,24+,25+/m1/s1. The molecule has 0 amide bonds. The van der Waals surface area contributed by atoms with Crippen molar-refractivity contribution >= 4 is 23.3 Å². The number of carbonyl (C=O) groups is 4. The van der Waals surface area contributed by atoms with E-state index in [1.54, 1.807) is 6.92 Å². The van der Waals surface area contributed by atoms with E-state index in [9.17, 15) is 39.6 Å². The molecule has 0 saturated carbocycles. The Bertz CT molecular complexity index is 1180. The average molecular weight is 518 g/mol. The zero-order valence-electron chi connectivity index (χ0n) is 21.7. The van der Waals surface area contributed by atoms with Crippen LogP contribution in [-0.4, -0.2) is 67.2 Å². The van der Waals surface area contributed by atoms with Crippen LogP contribution in [0.15, 0.2) is 29.5 Å². The monoisotopic (exact) mass is 517 g/mol. The number of aliphatic carboxylic acids is 1. The molecule has 202 valence electrons. The summed E-state index contributed by atoms with van der Waals surface area (Å²) in [6, 6.07) is 1.30. The molecule has 0 bridgehead atoms. The number of hydrogen-bond donors (Lipinski definition) is 6. The number of allylic oxidation sites excluding steroid dienone is 3. The maximum atomic E-state index is 13.4. The van der Waals surface area contributed by atoms with Crippen LogP contribution in [0.2, 0.25) is 0 Å². The minimum absolute atomic E-state index is 0.0756. The molecular weight excluding hydrogens is 482 g/mol. The fourth-order valence-electron chi connectivity index (χ4n) is 4.63. The van der Waals surface area contributed by atoms with Gasteiger partial charge in [0.1, 0.15) is 5.75 Å². The van der Waals surface area contributed by atoms with Crippen LogP contribution in [-0.2, 0) is 4.79 Å². The van der Waals surface area contributed by atoms with Crippen molar-refractivity contribution in [2.45, 2.75) is 59.9 Å². The number of aliphatic hydroxyl groups excluding tert-OH is 3. The zero-order chi connectivity index (χ0) is 28.5.